The Labute approximate surface area is 224 Å². The van der Waals surface area contributed by atoms with Crippen molar-refractivity contribution < 1.29 is 4.79 Å². The van der Waals surface area contributed by atoms with Gasteiger partial charge in [0, 0.05) is 25.8 Å². The summed E-state index contributed by atoms with van der Waals surface area (Å²) in [6.07, 6.45) is 9.12. The highest BCUT2D eigenvalue weighted by Crippen LogP contribution is 2.35. The van der Waals surface area contributed by atoms with Crippen LogP contribution in [0.4, 0.5) is 5.82 Å². The zero-order valence-electron chi connectivity index (χ0n) is 22.1. The van der Waals surface area contributed by atoms with Gasteiger partial charge in [-0.3, -0.25) is 18.9 Å². The van der Waals surface area contributed by atoms with Crippen molar-refractivity contribution in [3.63, 3.8) is 0 Å². The maximum absolute atomic E-state index is 13.8. The summed E-state index contributed by atoms with van der Waals surface area (Å²) in [5.74, 6) is 2.01. The fourth-order valence-corrected chi connectivity index (χ4v) is 6.67. The summed E-state index contributed by atoms with van der Waals surface area (Å²) in [6.45, 7) is 13.1. The number of piperidine rings is 1. The van der Waals surface area contributed by atoms with E-state index in [2.05, 4.69) is 32.6 Å². The first kappa shape index (κ1) is 26.9. The first-order chi connectivity index (χ1) is 17.2. The van der Waals surface area contributed by atoms with E-state index < -0.39 is 0 Å². The number of amides is 1. The Hall–Kier alpha value is -2.19. The van der Waals surface area contributed by atoms with Crippen LogP contribution in [0.15, 0.2) is 28.0 Å². The number of carbonyl (C=O) groups excluding carboxylic acids is 1. The van der Waals surface area contributed by atoms with Gasteiger partial charge in [0.15, 0.2) is 0 Å². The number of rotatable bonds is 8. The average molecular weight is 527 g/mol. The van der Waals surface area contributed by atoms with Crippen LogP contribution >= 0.6 is 24.0 Å². The molecule has 0 saturated carbocycles. The quantitative estimate of drug-likeness (QED) is 0.315. The van der Waals surface area contributed by atoms with Crippen LogP contribution in [0.2, 0.25) is 0 Å². The minimum absolute atomic E-state index is 0.0972. The molecule has 1 amide bonds. The second-order valence-corrected chi connectivity index (χ2v) is 12.3. The van der Waals surface area contributed by atoms with Gasteiger partial charge in [0.1, 0.15) is 15.8 Å². The molecular weight excluding hydrogens is 488 g/mol. The van der Waals surface area contributed by atoms with Crippen molar-refractivity contribution in [2.75, 3.05) is 24.5 Å². The molecule has 36 heavy (non-hydrogen) atoms. The molecule has 2 aromatic rings. The largest absolute Gasteiger partial charge is 0.355 e. The van der Waals surface area contributed by atoms with Gasteiger partial charge >= 0.3 is 0 Å². The molecule has 2 aliphatic rings. The van der Waals surface area contributed by atoms with Crippen LogP contribution in [0.1, 0.15) is 70.9 Å². The van der Waals surface area contributed by atoms with Crippen molar-refractivity contribution in [1.82, 2.24) is 14.3 Å². The fourth-order valence-electron chi connectivity index (χ4n) is 5.41. The zero-order valence-corrected chi connectivity index (χ0v) is 23.8. The van der Waals surface area contributed by atoms with E-state index in [1.165, 1.54) is 11.8 Å². The van der Waals surface area contributed by atoms with Gasteiger partial charge in [-0.05, 0) is 55.2 Å². The van der Waals surface area contributed by atoms with E-state index >= 15 is 0 Å². The molecule has 0 spiro atoms. The molecule has 4 heterocycles. The number of pyridine rings is 1. The van der Waals surface area contributed by atoms with Crippen LogP contribution in [0.3, 0.4) is 0 Å². The summed E-state index contributed by atoms with van der Waals surface area (Å²) in [5.41, 5.74) is 1.93. The van der Waals surface area contributed by atoms with Gasteiger partial charge in [-0.1, -0.05) is 77.0 Å². The molecule has 6 nitrogen and oxygen atoms in total. The monoisotopic (exact) mass is 526 g/mol. The van der Waals surface area contributed by atoms with Gasteiger partial charge in [-0.2, -0.15) is 0 Å². The third kappa shape index (κ3) is 5.70. The van der Waals surface area contributed by atoms with Crippen LogP contribution < -0.4 is 10.5 Å². The van der Waals surface area contributed by atoms with Crippen molar-refractivity contribution in [2.24, 2.45) is 17.8 Å². The Morgan fingerprint density at radius 1 is 1.19 bits per heavy atom. The summed E-state index contributed by atoms with van der Waals surface area (Å²) >= 11 is 6.92. The van der Waals surface area contributed by atoms with E-state index in [-0.39, 0.29) is 11.5 Å². The van der Waals surface area contributed by atoms with Crippen molar-refractivity contribution >= 4 is 51.7 Å². The van der Waals surface area contributed by atoms with Gasteiger partial charge in [0.25, 0.3) is 11.5 Å². The van der Waals surface area contributed by atoms with Gasteiger partial charge in [0.05, 0.1) is 10.5 Å². The molecule has 0 bridgehead atoms. The molecule has 0 radical (unpaired) electrons. The molecule has 2 fully saturated rings. The third-order valence-corrected chi connectivity index (χ3v) is 8.66. The number of aromatic nitrogens is 2. The highest BCUT2D eigenvalue weighted by Gasteiger charge is 2.34. The summed E-state index contributed by atoms with van der Waals surface area (Å²) in [5, 5.41) is 0. The van der Waals surface area contributed by atoms with Crippen molar-refractivity contribution in [2.45, 2.75) is 66.7 Å². The summed E-state index contributed by atoms with van der Waals surface area (Å²) in [4.78, 5) is 36.7. The number of thiocarbonyl (C=S) groups is 1. The lowest BCUT2D eigenvalue weighted by Crippen LogP contribution is -2.40. The molecule has 0 aliphatic carbocycles. The second kappa shape index (κ2) is 11.5. The third-order valence-electron chi connectivity index (χ3n) is 7.29. The number of unbranched alkanes of at least 4 members (excludes halogenated alkanes) is 1. The molecule has 0 N–H and O–H groups in total. The lowest BCUT2D eigenvalue weighted by atomic mass is 9.91. The molecule has 3 atom stereocenters. The number of anilines is 1. The van der Waals surface area contributed by atoms with Crippen LogP contribution in [0.25, 0.3) is 11.7 Å². The minimum Gasteiger partial charge on any atom is -0.355 e. The topological polar surface area (TPSA) is 57.9 Å². The van der Waals surface area contributed by atoms with Crippen LogP contribution in [0, 0.1) is 24.7 Å². The smallest absolute Gasteiger partial charge is 0.267 e. The lowest BCUT2D eigenvalue weighted by molar-refractivity contribution is -0.122. The van der Waals surface area contributed by atoms with Gasteiger partial charge < -0.3 is 4.90 Å². The van der Waals surface area contributed by atoms with E-state index in [9.17, 15) is 9.59 Å². The molecule has 194 valence electrons. The molecule has 3 unspecified atom stereocenters. The normalized spacial score (nSPS) is 22.8. The second-order valence-electron chi connectivity index (χ2n) is 10.6. The summed E-state index contributed by atoms with van der Waals surface area (Å²) in [7, 11) is 0. The number of hydrogen-bond donors (Lipinski definition) is 0. The number of hydrogen-bond acceptors (Lipinski definition) is 6. The number of thioether (sulfide) groups is 1. The molecule has 4 rings (SSSR count). The van der Waals surface area contributed by atoms with Gasteiger partial charge in [-0.15, -0.1) is 0 Å². The molecule has 2 aliphatic heterocycles. The van der Waals surface area contributed by atoms with Crippen LogP contribution in [0.5, 0.6) is 0 Å². The van der Waals surface area contributed by atoms with E-state index in [0.29, 0.717) is 50.6 Å². The SMILES string of the molecule is CCCCC(CC)CN1C(=O)C(=Cc2c(N3CC(C)CC(C)C3)nc3ccc(C)cn3c2=O)SC1=S. The lowest BCUT2D eigenvalue weighted by Gasteiger charge is -2.36. The van der Waals surface area contributed by atoms with Gasteiger partial charge in [-0.25, -0.2) is 4.98 Å². The molecular formula is C28H38N4O2S2. The number of fused-ring (bicyclic) bond motifs is 1. The Morgan fingerprint density at radius 3 is 2.58 bits per heavy atom. The molecule has 2 saturated heterocycles. The number of nitrogens with zero attached hydrogens (tertiary/aromatic N) is 4. The summed E-state index contributed by atoms with van der Waals surface area (Å²) in [6, 6.07) is 3.86. The Bertz CT molecular complexity index is 1230. The van der Waals surface area contributed by atoms with Crippen molar-refractivity contribution in [1.29, 1.82) is 0 Å². The zero-order chi connectivity index (χ0) is 26.0. The maximum Gasteiger partial charge on any atom is 0.267 e. The van der Waals surface area contributed by atoms with Gasteiger partial charge in [0.2, 0.25) is 0 Å². The molecule has 0 aromatic carbocycles. The first-order valence-electron chi connectivity index (χ1n) is 13.2. The molecule has 8 heteroatoms. The predicted molar refractivity (Wildman–Crippen MR) is 155 cm³/mol. The average Bonchev–Trinajstić information content (AvgIpc) is 3.10. The Morgan fingerprint density at radius 2 is 1.92 bits per heavy atom. The number of carbonyl (C=O) groups is 1. The molecule has 2 aromatic heterocycles. The van der Waals surface area contributed by atoms with E-state index in [4.69, 9.17) is 17.2 Å². The van der Waals surface area contributed by atoms with Crippen molar-refractivity contribution in [3.8, 4) is 0 Å². The highest BCUT2D eigenvalue weighted by molar-refractivity contribution is 8.26. The highest BCUT2D eigenvalue weighted by atomic mass is 32.2. The van der Waals surface area contributed by atoms with E-state index in [0.717, 1.165) is 50.8 Å². The van der Waals surface area contributed by atoms with Crippen LogP contribution in [-0.2, 0) is 4.79 Å². The van der Waals surface area contributed by atoms with E-state index in [1.807, 2.05) is 25.3 Å². The minimum atomic E-state index is -0.149. The van der Waals surface area contributed by atoms with Crippen molar-refractivity contribution in [3.05, 3.63) is 44.7 Å². The van der Waals surface area contributed by atoms with E-state index in [1.54, 1.807) is 15.4 Å². The van der Waals surface area contributed by atoms with Crippen LogP contribution in [-0.4, -0.2) is 44.1 Å². The number of aryl methyl sites for hydroxylation is 1. The fraction of sp³-hybridized carbons (Fsp3) is 0.571. The maximum atomic E-state index is 13.8. The Balaban J connectivity index is 1.75. The predicted octanol–water partition coefficient (Wildman–Crippen LogP) is 5.90. The first-order valence-corrected chi connectivity index (χ1v) is 14.5. The summed E-state index contributed by atoms with van der Waals surface area (Å²) < 4.78 is 2.17. The standard InChI is InChI=1S/C28H38N4O2S2/c1-6-8-9-21(7-2)17-32-27(34)23(36-28(32)35)13-22-25(30-14-19(4)12-20(5)15-30)29-24-11-10-18(3)16-31(24)26(22)33/h10-11,13,16,19-21H,6-9,12,14-15,17H2,1-5H3. The Kier molecular flexibility index (Phi) is 8.56.